The summed E-state index contributed by atoms with van der Waals surface area (Å²) >= 11 is 0. The Bertz CT molecular complexity index is 551. The molecule has 5 heteroatoms. The van der Waals surface area contributed by atoms with Crippen molar-refractivity contribution >= 4 is 11.8 Å². The minimum Gasteiger partial charge on any atom is -0.352 e. The quantitative estimate of drug-likeness (QED) is 0.674. The summed E-state index contributed by atoms with van der Waals surface area (Å²) in [4.78, 5) is 23.3. The molecular formula is C15H17N3O2. The molecule has 0 heterocycles. The highest BCUT2D eigenvalue weighted by molar-refractivity contribution is 5.96. The molecule has 0 atom stereocenters. The highest BCUT2D eigenvalue weighted by Gasteiger charge is 2.23. The molecule has 2 amide bonds. The molecule has 0 spiro atoms. The van der Waals surface area contributed by atoms with Crippen molar-refractivity contribution in [2.24, 2.45) is 5.73 Å². The summed E-state index contributed by atoms with van der Waals surface area (Å²) in [6.45, 7) is 0.308. The van der Waals surface area contributed by atoms with Crippen molar-refractivity contribution in [2.45, 2.75) is 18.9 Å². The van der Waals surface area contributed by atoms with Gasteiger partial charge in [-0.3, -0.25) is 9.59 Å². The van der Waals surface area contributed by atoms with Gasteiger partial charge in [-0.2, -0.15) is 0 Å². The van der Waals surface area contributed by atoms with Gasteiger partial charge >= 0.3 is 0 Å². The normalized spacial score (nSPS) is 13.1. The van der Waals surface area contributed by atoms with E-state index in [-0.39, 0.29) is 18.4 Å². The number of benzene rings is 1. The van der Waals surface area contributed by atoms with Crippen LogP contribution < -0.4 is 16.4 Å². The summed E-state index contributed by atoms with van der Waals surface area (Å²) in [7, 11) is 0. The summed E-state index contributed by atoms with van der Waals surface area (Å²) in [5.41, 5.74) is 6.59. The summed E-state index contributed by atoms with van der Waals surface area (Å²) in [6.07, 6.45) is 2.07. The van der Waals surface area contributed by atoms with E-state index in [0.29, 0.717) is 18.2 Å². The molecule has 0 saturated heterocycles. The van der Waals surface area contributed by atoms with E-state index in [4.69, 9.17) is 5.73 Å². The van der Waals surface area contributed by atoms with E-state index in [1.54, 1.807) is 24.3 Å². The highest BCUT2D eigenvalue weighted by Crippen LogP contribution is 2.18. The molecule has 2 rings (SSSR count). The molecular weight excluding hydrogens is 254 g/mol. The Labute approximate surface area is 117 Å². The van der Waals surface area contributed by atoms with E-state index in [1.807, 2.05) is 0 Å². The molecule has 1 aliphatic carbocycles. The Morgan fingerprint density at radius 2 is 1.95 bits per heavy atom. The van der Waals surface area contributed by atoms with Crippen molar-refractivity contribution in [1.29, 1.82) is 0 Å². The molecule has 0 bridgehead atoms. The van der Waals surface area contributed by atoms with Crippen LogP contribution >= 0.6 is 0 Å². The second-order valence-electron chi connectivity index (χ2n) is 4.61. The van der Waals surface area contributed by atoms with Crippen LogP contribution in [0.25, 0.3) is 0 Å². The predicted octanol–water partition coefficient (Wildman–Crippen LogP) is 0.00520. The molecule has 4 N–H and O–H groups in total. The fourth-order valence-electron chi connectivity index (χ4n) is 1.63. The predicted molar refractivity (Wildman–Crippen MR) is 75.9 cm³/mol. The second kappa shape index (κ2) is 6.73. The smallest absolute Gasteiger partial charge is 0.251 e. The monoisotopic (exact) mass is 271 g/mol. The number of carbonyl (C=O) groups is 2. The first-order valence-electron chi connectivity index (χ1n) is 6.55. The number of hydrogen-bond acceptors (Lipinski definition) is 3. The van der Waals surface area contributed by atoms with Crippen LogP contribution in [0.5, 0.6) is 0 Å². The lowest BCUT2D eigenvalue weighted by molar-refractivity contribution is -0.120. The second-order valence-corrected chi connectivity index (χ2v) is 4.61. The van der Waals surface area contributed by atoms with Crippen molar-refractivity contribution in [1.82, 2.24) is 10.6 Å². The molecule has 1 fully saturated rings. The largest absolute Gasteiger partial charge is 0.352 e. The van der Waals surface area contributed by atoms with Crippen LogP contribution in [0.2, 0.25) is 0 Å². The molecule has 0 radical (unpaired) electrons. The standard InChI is InChI=1S/C15H17N3O2/c16-9-1-2-11-3-5-12(6-4-11)15(20)17-10-14(19)18-13-7-8-13/h3-6,13H,7-10,16H2,(H,17,20)(H,18,19). The van der Waals surface area contributed by atoms with Gasteiger partial charge in [0.25, 0.3) is 5.91 Å². The zero-order valence-electron chi connectivity index (χ0n) is 11.1. The first kappa shape index (κ1) is 14.1. The maximum absolute atomic E-state index is 11.8. The maximum atomic E-state index is 11.8. The van der Waals surface area contributed by atoms with Crippen molar-refractivity contribution in [3.05, 3.63) is 35.4 Å². The van der Waals surface area contributed by atoms with Crippen molar-refractivity contribution in [3.63, 3.8) is 0 Å². The van der Waals surface area contributed by atoms with Gasteiger partial charge < -0.3 is 16.4 Å². The molecule has 1 saturated carbocycles. The first-order chi connectivity index (χ1) is 9.69. The Morgan fingerprint density at radius 3 is 2.55 bits per heavy atom. The van der Waals surface area contributed by atoms with Gasteiger partial charge in [0.1, 0.15) is 0 Å². The maximum Gasteiger partial charge on any atom is 0.251 e. The number of rotatable bonds is 4. The van der Waals surface area contributed by atoms with Gasteiger partial charge in [-0.1, -0.05) is 11.8 Å². The van der Waals surface area contributed by atoms with Crippen LogP contribution in [0.4, 0.5) is 0 Å². The lowest BCUT2D eigenvalue weighted by Gasteiger charge is -2.06. The third kappa shape index (κ3) is 4.41. The summed E-state index contributed by atoms with van der Waals surface area (Å²) < 4.78 is 0. The highest BCUT2D eigenvalue weighted by atomic mass is 16.2. The molecule has 5 nitrogen and oxygen atoms in total. The fourth-order valence-corrected chi connectivity index (χ4v) is 1.63. The third-order valence-electron chi connectivity index (χ3n) is 2.83. The number of nitrogens with one attached hydrogen (secondary N) is 2. The van der Waals surface area contributed by atoms with Crippen LogP contribution in [0, 0.1) is 11.8 Å². The van der Waals surface area contributed by atoms with Gasteiger partial charge in [0.05, 0.1) is 13.1 Å². The zero-order valence-corrected chi connectivity index (χ0v) is 11.1. The van der Waals surface area contributed by atoms with Crippen molar-refractivity contribution < 1.29 is 9.59 Å². The zero-order chi connectivity index (χ0) is 14.4. The third-order valence-corrected chi connectivity index (χ3v) is 2.83. The number of carbonyl (C=O) groups excluding carboxylic acids is 2. The topological polar surface area (TPSA) is 84.2 Å². The van der Waals surface area contributed by atoms with Crippen molar-refractivity contribution in [3.8, 4) is 11.8 Å². The number of nitrogens with two attached hydrogens (primary N) is 1. The molecule has 1 aromatic carbocycles. The average Bonchev–Trinajstić information content (AvgIpc) is 3.27. The Morgan fingerprint density at radius 1 is 1.25 bits per heavy atom. The van der Waals surface area contributed by atoms with Gasteiger partial charge in [-0.25, -0.2) is 0 Å². The minimum absolute atomic E-state index is 0.00403. The SMILES string of the molecule is NCC#Cc1ccc(C(=O)NCC(=O)NC2CC2)cc1. The molecule has 0 aliphatic heterocycles. The fraction of sp³-hybridized carbons (Fsp3) is 0.333. The van der Waals surface area contributed by atoms with Gasteiger partial charge in [-0.05, 0) is 37.1 Å². The van der Waals surface area contributed by atoms with Crippen LogP contribution in [0.1, 0.15) is 28.8 Å². The van der Waals surface area contributed by atoms with Gasteiger partial charge in [0.15, 0.2) is 0 Å². The van der Waals surface area contributed by atoms with Gasteiger partial charge in [0.2, 0.25) is 5.91 Å². The Hall–Kier alpha value is -2.32. The Balaban J connectivity index is 1.83. The molecule has 1 aromatic rings. The van der Waals surface area contributed by atoms with Crippen molar-refractivity contribution in [2.75, 3.05) is 13.1 Å². The van der Waals surface area contributed by atoms with Crippen LogP contribution in [0.15, 0.2) is 24.3 Å². The number of hydrogen-bond donors (Lipinski definition) is 3. The first-order valence-corrected chi connectivity index (χ1v) is 6.55. The van der Waals surface area contributed by atoms with E-state index < -0.39 is 0 Å². The van der Waals surface area contributed by atoms with Crippen LogP contribution in [-0.4, -0.2) is 30.9 Å². The molecule has 0 unspecified atom stereocenters. The van der Waals surface area contributed by atoms with Crippen LogP contribution in [-0.2, 0) is 4.79 Å². The average molecular weight is 271 g/mol. The molecule has 104 valence electrons. The van der Waals surface area contributed by atoms with Gasteiger partial charge in [-0.15, -0.1) is 0 Å². The van der Waals surface area contributed by atoms with E-state index in [9.17, 15) is 9.59 Å². The molecule has 20 heavy (non-hydrogen) atoms. The van der Waals surface area contributed by atoms with Crippen LogP contribution in [0.3, 0.4) is 0 Å². The summed E-state index contributed by atoms with van der Waals surface area (Å²) in [5, 5.41) is 5.40. The number of amides is 2. The molecule has 1 aliphatic rings. The summed E-state index contributed by atoms with van der Waals surface area (Å²) in [5.74, 6) is 5.20. The van der Waals surface area contributed by atoms with E-state index in [2.05, 4.69) is 22.5 Å². The van der Waals surface area contributed by atoms with Gasteiger partial charge in [0, 0.05) is 17.2 Å². The Kier molecular flexibility index (Phi) is 4.75. The summed E-state index contributed by atoms with van der Waals surface area (Å²) in [6, 6.07) is 7.16. The van der Waals surface area contributed by atoms with E-state index in [0.717, 1.165) is 18.4 Å². The lowest BCUT2D eigenvalue weighted by Crippen LogP contribution is -2.37. The minimum atomic E-state index is -0.269. The van der Waals surface area contributed by atoms with E-state index >= 15 is 0 Å². The van der Waals surface area contributed by atoms with E-state index in [1.165, 1.54) is 0 Å². The lowest BCUT2D eigenvalue weighted by atomic mass is 10.1. The molecule has 0 aromatic heterocycles.